The summed E-state index contributed by atoms with van der Waals surface area (Å²) in [6.45, 7) is 7.47. The predicted molar refractivity (Wildman–Crippen MR) is 145 cm³/mol. The molecular weight excluding hydrogens is 476 g/mol. The van der Waals surface area contributed by atoms with Crippen molar-refractivity contribution in [3.05, 3.63) is 22.3 Å². The van der Waals surface area contributed by atoms with Gasteiger partial charge in [0.25, 0.3) is 0 Å². The van der Waals surface area contributed by atoms with Gasteiger partial charge in [-0.25, -0.2) is 0 Å². The average Bonchev–Trinajstić information content (AvgIpc) is 3.39. The van der Waals surface area contributed by atoms with E-state index in [0.717, 1.165) is 77.5 Å². The molecule has 0 saturated carbocycles. The smallest absolute Gasteiger partial charge is 0.222 e. The van der Waals surface area contributed by atoms with Crippen LogP contribution in [0.3, 0.4) is 0 Å². The Morgan fingerprint density at radius 2 is 0.947 bits per heavy atom. The summed E-state index contributed by atoms with van der Waals surface area (Å²) in [6, 6.07) is 0. The zero-order chi connectivity index (χ0) is 26.6. The summed E-state index contributed by atoms with van der Waals surface area (Å²) >= 11 is 0. The number of amides is 2. The third-order valence-corrected chi connectivity index (χ3v) is 10.9. The Hall–Kier alpha value is -2.24. The zero-order valence-electron chi connectivity index (χ0n) is 23.3. The predicted octanol–water partition coefficient (Wildman–Crippen LogP) is 4.87. The highest BCUT2D eigenvalue weighted by Crippen LogP contribution is 2.53. The van der Waals surface area contributed by atoms with Crippen LogP contribution >= 0.6 is 0 Å². The first-order valence-corrected chi connectivity index (χ1v) is 15.4. The van der Waals surface area contributed by atoms with Gasteiger partial charge >= 0.3 is 0 Å². The molecular formula is C32H44N2O4. The molecule has 0 aromatic heterocycles. The van der Waals surface area contributed by atoms with Gasteiger partial charge in [0, 0.05) is 63.7 Å². The number of nitrogens with zero attached hydrogens (tertiary/aromatic N) is 2. The first-order chi connectivity index (χ1) is 18.3. The molecule has 2 saturated heterocycles. The van der Waals surface area contributed by atoms with Crippen molar-refractivity contribution in [1.82, 2.24) is 9.80 Å². The zero-order valence-corrected chi connectivity index (χ0v) is 23.3. The molecule has 206 valence electrons. The average molecular weight is 521 g/mol. The van der Waals surface area contributed by atoms with E-state index in [0.29, 0.717) is 37.2 Å². The van der Waals surface area contributed by atoms with Crippen molar-refractivity contribution < 1.29 is 19.2 Å². The van der Waals surface area contributed by atoms with Gasteiger partial charge in [-0.2, -0.15) is 0 Å². The van der Waals surface area contributed by atoms with Gasteiger partial charge in [0.2, 0.25) is 11.8 Å². The maximum Gasteiger partial charge on any atom is 0.222 e. The minimum Gasteiger partial charge on any atom is -0.343 e. The summed E-state index contributed by atoms with van der Waals surface area (Å²) < 4.78 is 0. The molecule has 0 spiro atoms. The lowest BCUT2D eigenvalue weighted by atomic mass is 9.65. The van der Waals surface area contributed by atoms with Crippen LogP contribution in [0.5, 0.6) is 0 Å². The number of carbonyl (C=O) groups is 4. The van der Waals surface area contributed by atoms with Gasteiger partial charge in [-0.1, -0.05) is 36.1 Å². The van der Waals surface area contributed by atoms with Gasteiger partial charge in [0.15, 0.2) is 0 Å². The Kier molecular flexibility index (Phi) is 7.11. The molecule has 0 radical (unpaired) electrons. The molecule has 0 aromatic carbocycles. The molecule has 2 amide bonds. The van der Waals surface area contributed by atoms with Gasteiger partial charge in [-0.15, -0.1) is 0 Å². The maximum atomic E-state index is 13.6. The van der Waals surface area contributed by atoms with Crippen molar-refractivity contribution in [2.45, 2.75) is 90.9 Å². The molecule has 6 aliphatic rings. The minimum atomic E-state index is -0.00620. The largest absolute Gasteiger partial charge is 0.343 e. The molecule has 4 heterocycles. The second-order valence-electron chi connectivity index (χ2n) is 13.2. The van der Waals surface area contributed by atoms with Gasteiger partial charge < -0.3 is 9.80 Å². The van der Waals surface area contributed by atoms with E-state index in [1.54, 1.807) is 0 Å². The second-order valence-corrected chi connectivity index (χ2v) is 13.2. The molecule has 6 rings (SSSR count). The minimum absolute atomic E-state index is 0.00620. The monoisotopic (exact) mass is 520 g/mol. The van der Waals surface area contributed by atoms with Crippen LogP contribution in [0, 0.1) is 35.5 Å². The van der Waals surface area contributed by atoms with E-state index in [-0.39, 0.29) is 47.3 Å². The van der Waals surface area contributed by atoms with E-state index in [1.807, 2.05) is 9.80 Å². The number of fused-ring (bicyclic) bond motifs is 6. The molecule has 6 atom stereocenters. The lowest BCUT2D eigenvalue weighted by Gasteiger charge is -2.40. The van der Waals surface area contributed by atoms with Crippen molar-refractivity contribution >= 4 is 23.4 Å². The van der Waals surface area contributed by atoms with Crippen molar-refractivity contribution in [2.75, 3.05) is 26.2 Å². The summed E-state index contributed by atoms with van der Waals surface area (Å²) in [6.07, 6.45) is 8.99. The molecule has 6 heteroatoms. The lowest BCUT2D eigenvalue weighted by Crippen LogP contribution is -2.40. The molecule has 38 heavy (non-hydrogen) atoms. The summed E-state index contributed by atoms with van der Waals surface area (Å²) in [5.41, 5.74) is 5.28. The molecule has 0 aromatic rings. The normalized spacial score (nSPS) is 37.0. The highest BCUT2D eigenvalue weighted by atomic mass is 16.2. The van der Waals surface area contributed by atoms with Crippen LogP contribution in [0.2, 0.25) is 0 Å². The SMILES string of the molecule is C[C@@H]1CC(=O)N2CCCC3=C(CC(=O)[C@H]3CCC2)[C@H]1[C@@H]1C2=C3CCCN(CCC[C@@H]3C(=O)C2)C(=O)C[C@H]1C. The van der Waals surface area contributed by atoms with E-state index < -0.39 is 0 Å². The highest BCUT2D eigenvalue weighted by molar-refractivity contribution is 5.91. The third-order valence-electron chi connectivity index (χ3n) is 10.9. The standard InChI is InChI=1S/C32H44N2O4/c1-19-15-29(37)33-11-3-7-21-23(9-5-13-33)27(35)17-25(21)31(19)32-20(2)16-30(38)34-12-4-8-22-24(10-6-14-34)28(36)18-26(22)32/h19-20,23-24,31-32H,3-18H2,1-2H3/t19-,20-,23+,24+,31+,32+/m1/s1. The number of hydrogen-bond donors (Lipinski definition) is 0. The van der Waals surface area contributed by atoms with Gasteiger partial charge in [0.1, 0.15) is 11.6 Å². The molecule has 4 bridgehead atoms. The fourth-order valence-electron chi connectivity index (χ4n) is 9.20. The van der Waals surface area contributed by atoms with E-state index in [1.165, 1.54) is 22.3 Å². The number of hydrogen-bond acceptors (Lipinski definition) is 4. The number of carbonyl (C=O) groups excluding carboxylic acids is 4. The molecule has 0 N–H and O–H groups in total. The number of allylic oxidation sites excluding steroid dienone is 4. The van der Waals surface area contributed by atoms with Crippen LogP contribution in [0.4, 0.5) is 0 Å². The molecule has 4 aliphatic heterocycles. The topological polar surface area (TPSA) is 74.8 Å². The van der Waals surface area contributed by atoms with E-state index in [9.17, 15) is 19.2 Å². The van der Waals surface area contributed by atoms with Crippen LogP contribution in [0.15, 0.2) is 22.3 Å². The second kappa shape index (κ2) is 10.4. The quantitative estimate of drug-likeness (QED) is 0.462. The van der Waals surface area contributed by atoms with Crippen molar-refractivity contribution in [1.29, 1.82) is 0 Å². The van der Waals surface area contributed by atoms with E-state index in [2.05, 4.69) is 13.8 Å². The van der Waals surface area contributed by atoms with Crippen LogP contribution in [-0.2, 0) is 19.2 Å². The first-order valence-electron chi connectivity index (χ1n) is 15.4. The summed E-state index contributed by atoms with van der Waals surface area (Å²) in [7, 11) is 0. The summed E-state index contributed by atoms with van der Waals surface area (Å²) in [5, 5.41) is 0. The van der Waals surface area contributed by atoms with Gasteiger partial charge in [-0.3, -0.25) is 19.2 Å². The Morgan fingerprint density at radius 3 is 1.37 bits per heavy atom. The maximum absolute atomic E-state index is 13.6. The van der Waals surface area contributed by atoms with Crippen LogP contribution < -0.4 is 0 Å². The van der Waals surface area contributed by atoms with Gasteiger partial charge in [-0.05, 0) is 75.0 Å². The lowest BCUT2D eigenvalue weighted by molar-refractivity contribution is -0.134. The highest BCUT2D eigenvalue weighted by Gasteiger charge is 2.48. The summed E-state index contributed by atoms with van der Waals surface area (Å²) in [4.78, 5) is 58.2. The first kappa shape index (κ1) is 26.0. The van der Waals surface area contributed by atoms with Crippen LogP contribution in [0.1, 0.15) is 90.9 Å². The Balaban J connectivity index is 1.53. The number of rotatable bonds is 1. The van der Waals surface area contributed by atoms with Crippen molar-refractivity contribution in [3.8, 4) is 0 Å². The van der Waals surface area contributed by atoms with Gasteiger partial charge in [0.05, 0.1) is 0 Å². The molecule has 0 unspecified atom stereocenters. The van der Waals surface area contributed by atoms with E-state index >= 15 is 0 Å². The van der Waals surface area contributed by atoms with E-state index in [4.69, 9.17) is 0 Å². The fraction of sp³-hybridized carbons (Fsp3) is 0.750. The fourth-order valence-corrected chi connectivity index (χ4v) is 9.20. The van der Waals surface area contributed by atoms with Crippen molar-refractivity contribution in [2.24, 2.45) is 35.5 Å². The number of Topliss-reactive ketones (excluding diaryl/α,β-unsaturated/α-hetero) is 2. The molecule has 2 fully saturated rings. The number of ketones is 2. The van der Waals surface area contributed by atoms with Crippen molar-refractivity contribution in [3.63, 3.8) is 0 Å². The molecule has 6 nitrogen and oxygen atoms in total. The summed E-state index contributed by atoms with van der Waals surface area (Å²) in [5.74, 6) is 1.37. The third kappa shape index (κ3) is 4.50. The Morgan fingerprint density at radius 1 is 0.553 bits per heavy atom. The molecule has 2 aliphatic carbocycles. The Labute approximate surface area is 227 Å². The van der Waals surface area contributed by atoms with Crippen LogP contribution in [-0.4, -0.2) is 59.4 Å². The van der Waals surface area contributed by atoms with Crippen LogP contribution in [0.25, 0.3) is 0 Å². The Bertz CT molecular complexity index is 1020.